The van der Waals surface area contributed by atoms with Crippen molar-refractivity contribution >= 4 is 100 Å². The van der Waals surface area contributed by atoms with E-state index in [0.717, 1.165) is 13.3 Å². The fourth-order valence-corrected chi connectivity index (χ4v) is 9.31. The second-order valence-electron chi connectivity index (χ2n) is 21.5. The van der Waals surface area contributed by atoms with Gasteiger partial charge >= 0.3 is 5.97 Å². The van der Waals surface area contributed by atoms with Crippen LogP contribution in [0.3, 0.4) is 0 Å². The molecule has 1 aromatic carbocycles. The first kappa shape index (κ1) is 79.3. The van der Waals surface area contributed by atoms with Crippen molar-refractivity contribution in [1.82, 2.24) is 69.1 Å². The van der Waals surface area contributed by atoms with E-state index in [1.54, 1.807) is 50.4 Å². The van der Waals surface area contributed by atoms with Crippen LogP contribution in [0.2, 0.25) is 0 Å². The van der Waals surface area contributed by atoms with E-state index in [0.29, 0.717) is 24.3 Å². The van der Waals surface area contributed by atoms with Crippen LogP contribution in [0.1, 0.15) is 84.1 Å². The first-order valence-corrected chi connectivity index (χ1v) is 30.8. The van der Waals surface area contributed by atoms with E-state index >= 15 is 0 Å². The van der Waals surface area contributed by atoms with Crippen molar-refractivity contribution < 1.29 is 92.7 Å². The van der Waals surface area contributed by atoms with Crippen LogP contribution >= 0.6 is 11.8 Å². The van der Waals surface area contributed by atoms with Crippen molar-refractivity contribution in [3.8, 4) is 0 Å². The monoisotopic (exact) mass is 1320 g/mol. The number of carbonyl (C=O) groups is 14. The molecule has 0 spiro atoms. The Labute approximate surface area is 534 Å². The summed E-state index contributed by atoms with van der Waals surface area (Å²) < 4.78 is 0. The number of hydrogen-bond donors (Lipinski definition) is 22. The van der Waals surface area contributed by atoms with Crippen molar-refractivity contribution in [1.29, 1.82) is 5.41 Å². The highest BCUT2D eigenvalue weighted by atomic mass is 32.2. The molecule has 1 aliphatic heterocycles. The number of carboxylic acid groups (broad SMARTS) is 1. The number of guanidine groups is 1. The molecule has 92 heavy (non-hydrogen) atoms. The molecule has 514 valence electrons. The number of hydrogen-bond acceptors (Lipinski definition) is 21. The average Bonchev–Trinajstić information content (AvgIpc) is 1.57. The van der Waals surface area contributed by atoms with E-state index in [9.17, 15) is 92.7 Å². The molecule has 36 nitrogen and oxygen atoms in total. The maximum Gasteiger partial charge on any atom is 0.326 e. The maximum absolute atomic E-state index is 14.4. The van der Waals surface area contributed by atoms with E-state index in [1.807, 2.05) is 0 Å². The molecule has 13 atom stereocenters. The maximum atomic E-state index is 14.4. The lowest BCUT2D eigenvalue weighted by atomic mass is 9.96. The summed E-state index contributed by atoms with van der Waals surface area (Å²) in [5.74, 6) is -16.2. The molecular formula is C55H89N17O19S. The van der Waals surface area contributed by atoms with Gasteiger partial charge in [-0.1, -0.05) is 50.6 Å². The van der Waals surface area contributed by atoms with Crippen LogP contribution in [0.15, 0.2) is 30.3 Å². The van der Waals surface area contributed by atoms with Crippen molar-refractivity contribution in [2.75, 3.05) is 51.5 Å². The number of primary amides is 2. The van der Waals surface area contributed by atoms with Crippen LogP contribution < -0.4 is 86.3 Å². The summed E-state index contributed by atoms with van der Waals surface area (Å²) in [6, 6.07) is -9.19. The standard InChI is InChI=1S/C55H89N17O19S/c1-5-27(2)42(71-49(85)34(21-29-11-7-6-8-12-29)63-41(79)23-62-44(80)36(24-73)68-45(81)30-13-9-18-60-30)52(88)64-31(14-10-19-61-55(58)59)46(82)67-35(22-40(57)78)48(84)70-38(26-75)51(87)72-43(28(3)76)53(89)65-32(15-16-39(56)77)47(83)69-37(25-74)50(86)66-33(54(90)91)17-20-92-4/h6-8,11-12,27-28,30-38,42-43,60,73-76H,5,9-10,13-26H2,1-4H3,(H2,56,77)(H2,57,78)(H,62,80)(H,63,79)(H,64,88)(H,65,89)(H,66,86)(H,67,82)(H,68,81)(H,69,83)(H,70,84)(H,71,85)(H,72,87)(H,90,91)(H4,58,59,61)/t27-,28+,30-,31-,32-,33-,34-,35-,36-,37-,38-,42-,43-/m0/s1. The summed E-state index contributed by atoms with van der Waals surface area (Å²) in [6.45, 7) is 0.986. The quantitative estimate of drug-likeness (QED) is 0.0164. The zero-order valence-electron chi connectivity index (χ0n) is 51.5. The minimum absolute atomic E-state index is 0.00881. The Balaban J connectivity index is 2.38. The number of nitrogens with one attached hydrogen (secondary N) is 14. The third-order valence-electron chi connectivity index (χ3n) is 14.2. The van der Waals surface area contributed by atoms with Gasteiger partial charge in [0, 0.05) is 19.4 Å². The summed E-state index contributed by atoms with van der Waals surface area (Å²) >= 11 is 1.28. The van der Waals surface area contributed by atoms with Crippen molar-refractivity contribution in [2.45, 2.75) is 158 Å². The Kier molecular flexibility index (Phi) is 35.8. The van der Waals surface area contributed by atoms with Crippen LogP contribution in [0.25, 0.3) is 0 Å². The number of aliphatic hydroxyl groups is 4. The first-order chi connectivity index (χ1) is 43.5. The van der Waals surface area contributed by atoms with Gasteiger partial charge in [-0.05, 0) is 75.5 Å². The first-order valence-electron chi connectivity index (χ1n) is 29.4. The molecule has 0 unspecified atom stereocenters. The van der Waals surface area contributed by atoms with Gasteiger partial charge < -0.3 is 112 Å². The molecular weight excluding hydrogens is 1230 g/mol. The van der Waals surface area contributed by atoms with E-state index in [4.69, 9.17) is 22.6 Å². The van der Waals surface area contributed by atoms with Crippen LogP contribution in [0.4, 0.5) is 0 Å². The smallest absolute Gasteiger partial charge is 0.326 e. The molecule has 0 bridgehead atoms. The predicted molar refractivity (Wildman–Crippen MR) is 328 cm³/mol. The normalized spacial score (nSPS) is 16.5. The molecule has 13 amide bonds. The summed E-state index contributed by atoms with van der Waals surface area (Å²) in [5, 5.41) is 88.8. The second-order valence-corrected chi connectivity index (χ2v) is 22.5. The number of aliphatic hydroxyl groups excluding tert-OH is 4. The number of benzene rings is 1. The third-order valence-corrected chi connectivity index (χ3v) is 14.9. The van der Waals surface area contributed by atoms with Gasteiger partial charge in [-0.3, -0.25) is 67.7 Å². The number of carbonyl (C=O) groups excluding carboxylic acids is 13. The Morgan fingerprint density at radius 2 is 1.10 bits per heavy atom. The van der Waals surface area contributed by atoms with Gasteiger partial charge in [-0.15, -0.1) is 0 Å². The van der Waals surface area contributed by atoms with Crippen LogP contribution in [0, 0.1) is 11.3 Å². The number of thioether (sulfide) groups is 1. The lowest BCUT2D eigenvalue weighted by Crippen LogP contribution is -2.63. The molecule has 1 fully saturated rings. The highest BCUT2D eigenvalue weighted by Crippen LogP contribution is 2.13. The van der Waals surface area contributed by atoms with E-state index in [2.05, 4.69) is 69.1 Å². The van der Waals surface area contributed by atoms with Crippen molar-refractivity contribution in [3.63, 3.8) is 0 Å². The molecule has 1 aromatic rings. The van der Waals surface area contributed by atoms with Gasteiger partial charge in [-0.2, -0.15) is 11.8 Å². The molecule has 0 aromatic heterocycles. The Morgan fingerprint density at radius 3 is 1.61 bits per heavy atom. The molecule has 0 aliphatic carbocycles. The minimum atomic E-state index is -2.05. The second kappa shape index (κ2) is 41.6. The van der Waals surface area contributed by atoms with E-state index in [-0.39, 0.29) is 38.6 Å². The fourth-order valence-electron chi connectivity index (χ4n) is 8.84. The van der Waals surface area contributed by atoms with Crippen molar-refractivity contribution in [3.05, 3.63) is 35.9 Å². The van der Waals surface area contributed by atoms with Crippen LogP contribution in [0.5, 0.6) is 0 Å². The molecule has 1 aliphatic rings. The number of rotatable bonds is 43. The number of amides is 13. The topological polar surface area (TPSA) is 598 Å². The molecule has 37 heteroatoms. The zero-order chi connectivity index (χ0) is 69.2. The Bertz CT molecular complexity index is 2710. The molecule has 1 saturated heterocycles. The predicted octanol–water partition coefficient (Wildman–Crippen LogP) is -9.41. The SMILES string of the molecule is CC[C@H](C)[C@H](NC(=O)[C@H](Cc1ccccc1)NC(=O)CNC(=O)[C@H](CO)NC(=O)[C@@H]1CCCN1)C(=O)N[C@@H](CCCNC(=N)N)C(=O)N[C@@H](CC(N)=O)C(=O)N[C@@H](CO)C(=O)N[C@H](C(=O)N[C@@H](CCC(N)=O)C(=O)N[C@@H](CO)C(=O)N[C@@H](CCSC)C(=O)O)[C@@H](C)O. The highest BCUT2D eigenvalue weighted by molar-refractivity contribution is 7.98. The highest BCUT2D eigenvalue weighted by Gasteiger charge is 2.38. The third kappa shape index (κ3) is 28.6. The van der Waals surface area contributed by atoms with Gasteiger partial charge in [-0.25, -0.2) is 4.79 Å². The Hall–Kier alpha value is -8.78. The lowest BCUT2D eigenvalue weighted by molar-refractivity contribution is -0.142. The number of aliphatic carboxylic acids is 1. The van der Waals surface area contributed by atoms with Gasteiger partial charge in [0.25, 0.3) is 0 Å². The molecule has 0 radical (unpaired) electrons. The summed E-state index contributed by atoms with van der Waals surface area (Å²) in [4.78, 5) is 186. The molecule has 2 rings (SSSR count). The van der Waals surface area contributed by atoms with Gasteiger partial charge in [0.1, 0.15) is 60.4 Å². The summed E-state index contributed by atoms with van der Waals surface area (Å²) in [5.41, 5.74) is 16.7. The molecule has 0 saturated carbocycles. The average molecular weight is 1320 g/mol. The molecule has 1 heterocycles. The van der Waals surface area contributed by atoms with Gasteiger partial charge in [0.2, 0.25) is 76.8 Å². The van der Waals surface area contributed by atoms with E-state index in [1.165, 1.54) is 11.8 Å². The van der Waals surface area contributed by atoms with Gasteiger partial charge in [0.05, 0.1) is 44.9 Å². The largest absolute Gasteiger partial charge is 0.480 e. The Morgan fingerprint density at radius 1 is 0.598 bits per heavy atom. The van der Waals surface area contributed by atoms with Gasteiger partial charge in [0.15, 0.2) is 5.96 Å². The fraction of sp³-hybridized carbons (Fsp3) is 0.618. The number of carboxylic acids is 1. The number of nitrogens with two attached hydrogens (primary N) is 3. The van der Waals surface area contributed by atoms with Crippen LogP contribution in [-0.4, -0.2) is 238 Å². The minimum Gasteiger partial charge on any atom is -0.480 e. The van der Waals surface area contributed by atoms with Crippen LogP contribution in [-0.2, 0) is 73.5 Å². The lowest BCUT2D eigenvalue weighted by Gasteiger charge is -2.29. The summed E-state index contributed by atoms with van der Waals surface area (Å²) in [6.07, 6.45) is -1.23. The molecule has 25 N–H and O–H groups in total. The van der Waals surface area contributed by atoms with Crippen molar-refractivity contribution in [2.24, 2.45) is 23.1 Å². The van der Waals surface area contributed by atoms with E-state index < -0.39 is 213 Å². The zero-order valence-corrected chi connectivity index (χ0v) is 52.3. The summed E-state index contributed by atoms with van der Waals surface area (Å²) in [7, 11) is 0.